The molecular formula is C9H8N2O. The van der Waals surface area contributed by atoms with Crippen molar-refractivity contribution in [3.63, 3.8) is 0 Å². The van der Waals surface area contributed by atoms with Gasteiger partial charge in [0.15, 0.2) is 0 Å². The number of rotatable bonds is 0. The number of nitrogens with zero attached hydrogens (tertiary/aromatic N) is 2. The van der Waals surface area contributed by atoms with Crippen molar-refractivity contribution in [2.75, 3.05) is 0 Å². The smallest absolute Gasteiger partial charge is 0.273 e. The summed E-state index contributed by atoms with van der Waals surface area (Å²) >= 11 is 0. The van der Waals surface area contributed by atoms with Gasteiger partial charge in [-0.2, -0.15) is 4.98 Å². The molecule has 0 aliphatic carbocycles. The lowest BCUT2D eigenvalue weighted by molar-refractivity contribution is 1.06. The van der Waals surface area contributed by atoms with Gasteiger partial charge < -0.3 is 4.40 Å². The minimum atomic E-state index is -0.196. The highest BCUT2D eigenvalue weighted by Gasteiger charge is 1.92. The number of fused-ring (bicyclic) bond motifs is 1. The van der Waals surface area contributed by atoms with Gasteiger partial charge in [-0.3, -0.25) is 4.79 Å². The van der Waals surface area contributed by atoms with E-state index >= 15 is 0 Å². The van der Waals surface area contributed by atoms with E-state index in [9.17, 15) is 4.79 Å². The predicted octanol–water partition coefficient (Wildman–Crippen LogP) is 1.00. The van der Waals surface area contributed by atoms with Gasteiger partial charge in [-0.05, 0) is 18.6 Å². The molecule has 0 N–H and O–H groups in total. The Kier molecular flexibility index (Phi) is 1.43. The Labute approximate surface area is 69.3 Å². The summed E-state index contributed by atoms with van der Waals surface area (Å²) < 4.78 is 1.83. The van der Waals surface area contributed by atoms with Crippen LogP contribution in [-0.2, 0) is 0 Å². The highest BCUT2D eigenvalue weighted by atomic mass is 16.1. The highest BCUT2D eigenvalue weighted by molar-refractivity contribution is 5.38. The molecule has 0 saturated heterocycles. The first-order chi connectivity index (χ1) is 5.75. The molecule has 0 bridgehead atoms. The summed E-state index contributed by atoms with van der Waals surface area (Å²) in [6, 6.07) is 5.21. The molecule has 0 aliphatic heterocycles. The largest absolute Gasteiger partial charge is 0.308 e. The monoisotopic (exact) mass is 160 g/mol. The molecule has 0 fully saturated rings. The van der Waals surface area contributed by atoms with Crippen molar-refractivity contribution in [3.05, 3.63) is 46.5 Å². The molecule has 3 nitrogen and oxygen atoms in total. The van der Waals surface area contributed by atoms with Gasteiger partial charge in [0, 0.05) is 18.5 Å². The molecule has 0 amide bonds. The first-order valence-electron chi connectivity index (χ1n) is 3.71. The van der Waals surface area contributed by atoms with Gasteiger partial charge >= 0.3 is 0 Å². The molecule has 0 unspecified atom stereocenters. The van der Waals surface area contributed by atoms with Crippen molar-refractivity contribution in [1.82, 2.24) is 9.38 Å². The fourth-order valence-corrected chi connectivity index (χ4v) is 1.13. The van der Waals surface area contributed by atoms with Crippen LogP contribution in [0, 0.1) is 6.92 Å². The first-order valence-corrected chi connectivity index (χ1v) is 3.71. The Morgan fingerprint density at radius 3 is 3.00 bits per heavy atom. The lowest BCUT2D eigenvalue weighted by Crippen LogP contribution is -2.06. The topological polar surface area (TPSA) is 34.4 Å². The molecule has 3 heteroatoms. The summed E-state index contributed by atoms with van der Waals surface area (Å²) in [5.41, 5.74) is 1.64. The van der Waals surface area contributed by atoms with E-state index in [0.29, 0.717) is 5.65 Å². The van der Waals surface area contributed by atoms with Crippen LogP contribution < -0.4 is 5.56 Å². The normalized spacial score (nSPS) is 10.4. The van der Waals surface area contributed by atoms with Crippen molar-refractivity contribution in [1.29, 1.82) is 0 Å². The summed E-state index contributed by atoms with van der Waals surface area (Å²) in [6.07, 6.45) is 3.65. The standard InChI is InChI=1S/C9H8N2O/c1-7-2-3-8-10-9(12)4-5-11(8)6-7/h2-6H,1H3. The second-order valence-corrected chi connectivity index (χ2v) is 2.74. The van der Waals surface area contributed by atoms with Crippen LogP contribution in [0.1, 0.15) is 5.56 Å². The van der Waals surface area contributed by atoms with E-state index in [-0.39, 0.29) is 5.56 Å². The van der Waals surface area contributed by atoms with Crippen LogP contribution in [0.25, 0.3) is 5.65 Å². The molecular weight excluding hydrogens is 152 g/mol. The maximum atomic E-state index is 10.8. The predicted molar refractivity (Wildman–Crippen MR) is 46.2 cm³/mol. The fraction of sp³-hybridized carbons (Fsp3) is 0.111. The molecule has 0 atom stereocenters. The lowest BCUT2D eigenvalue weighted by atomic mass is 10.3. The molecule has 2 aromatic rings. The molecule has 0 radical (unpaired) electrons. The van der Waals surface area contributed by atoms with Gasteiger partial charge in [-0.15, -0.1) is 0 Å². The van der Waals surface area contributed by atoms with E-state index in [1.54, 1.807) is 6.20 Å². The molecule has 2 rings (SSSR count). The van der Waals surface area contributed by atoms with Crippen molar-refractivity contribution in [2.45, 2.75) is 6.92 Å². The van der Waals surface area contributed by atoms with Gasteiger partial charge in [0.25, 0.3) is 5.56 Å². The maximum Gasteiger partial charge on any atom is 0.273 e. The van der Waals surface area contributed by atoms with Gasteiger partial charge in [0.2, 0.25) is 0 Å². The Balaban J connectivity index is 2.87. The zero-order valence-electron chi connectivity index (χ0n) is 6.69. The molecule has 2 heterocycles. The molecule has 60 valence electrons. The van der Waals surface area contributed by atoms with E-state index in [1.807, 2.05) is 29.7 Å². The van der Waals surface area contributed by atoms with Crippen molar-refractivity contribution >= 4 is 5.65 Å². The average molecular weight is 160 g/mol. The Morgan fingerprint density at radius 2 is 2.17 bits per heavy atom. The second-order valence-electron chi connectivity index (χ2n) is 2.74. The zero-order chi connectivity index (χ0) is 8.55. The van der Waals surface area contributed by atoms with Gasteiger partial charge in [0.05, 0.1) is 0 Å². The van der Waals surface area contributed by atoms with E-state index in [4.69, 9.17) is 0 Å². The summed E-state index contributed by atoms with van der Waals surface area (Å²) in [5, 5.41) is 0. The van der Waals surface area contributed by atoms with Crippen LogP contribution in [0.5, 0.6) is 0 Å². The number of aromatic nitrogens is 2. The number of aryl methyl sites for hydroxylation is 1. The summed E-state index contributed by atoms with van der Waals surface area (Å²) in [4.78, 5) is 14.7. The van der Waals surface area contributed by atoms with Gasteiger partial charge in [-0.25, -0.2) is 0 Å². The van der Waals surface area contributed by atoms with Crippen LogP contribution in [0.3, 0.4) is 0 Å². The fourth-order valence-electron chi connectivity index (χ4n) is 1.13. The number of hydrogen-bond donors (Lipinski definition) is 0. The summed E-state index contributed by atoms with van der Waals surface area (Å²) in [7, 11) is 0. The van der Waals surface area contributed by atoms with E-state index in [1.165, 1.54) is 6.07 Å². The van der Waals surface area contributed by atoms with E-state index in [0.717, 1.165) is 5.56 Å². The molecule has 0 aliphatic rings. The summed E-state index contributed by atoms with van der Waals surface area (Å²) in [6.45, 7) is 2.00. The van der Waals surface area contributed by atoms with Crippen LogP contribution in [0.4, 0.5) is 0 Å². The third kappa shape index (κ3) is 1.09. The molecule has 0 saturated carbocycles. The molecule has 12 heavy (non-hydrogen) atoms. The van der Waals surface area contributed by atoms with E-state index < -0.39 is 0 Å². The molecule has 2 aromatic heterocycles. The van der Waals surface area contributed by atoms with Crippen LogP contribution in [0.15, 0.2) is 35.4 Å². The minimum absolute atomic E-state index is 0.196. The van der Waals surface area contributed by atoms with Crippen LogP contribution in [0.2, 0.25) is 0 Å². The average Bonchev–Trinajstić information content (AvgIpc) is 2.05. The minimum Gasteiger partial charge on any atom is -0.308 e. The highest BCUT2D eigenvalue weighted by Crippen LogP contribution is 1.99. The molecule has 0 spiro atoms. The SMILES string of the molecule is Cc1ccc2nc(=O)ccn2c1. The second kappa shape index (κ2) is 2.44. The van der Waals surface area contributed by atoms with Crippen molar-refractivity contribution in [3.8, 4) is 0 Å². The number of hydrogen-bond acceptors (Lipinski definition) is 2. The third-order valence-corrected chi connectivity index (χ3v) is 1.71. The first kappa shape index (κ1) is 7.03. The maximum absolute atomic E-state index is 10.8. The van der Waals surface area contributed by atoms with Crippen LogP contribution in [-0.4, -0.2) is 9.38 Å². The van der Waals surface area contributed by atoms with Crippen molar-refractivity contribution in [2.24, 2.45) is 0 Å². The summed E-state index contributed by atoms with van der Waals surface area (Å²) in [5.74, 6) is 0. The van der Waals surface area contributed by atoms with Gasteiger partial charge in [-0.1, -0.05) is 6.07 Å². The van der Waals surface area contributed by atoms with Crippen molar-refractivity contribution < 1.29 is 0 Å². The Morgan fingerprint density at radius 1 is 1.33 bits per heavy atom. The van der Waals surface area contributed by atoms with Gasteiger partial charge in [0.1, 0.15) is 5.65 Å². The third-order valence-electron chi connectivity index (χ3n) is 1.71. The lowest BCUT2D eigenvalue weighted by Gasteiger charge is -1.99. The number of pyridine rings is 1. The quantitative estimate of drug-likeness (QED) is 0.576. The van der Waals surface area contributed by atoms with E-state index in [2.05, 4.69) is 4.98 Å². The Bertz CT molecular complexity index is 473. The zero-order valence-corrected chi connectivity index (χ0v) is 6.69. The Hall–Kier alpha value is -1.64. The molecule has 0 aromatic carbocycles. The van der Waals surface area contributed by atoms with Crippen LogP contribution >= 0.6 is 0 Å².